The Hall–Kier alpha value is -2.31. The standard InChI is InChI=1S/C18H24N3O9P/c1-19-18(25)20-10-3-4-11-9(8-10)2-5-13(21-11)30-17-16(24)15(23)14(22)12(29-17)6-7-31(26,27)28/h2-5,8,12,14-17,22-24H,6-7H2,1H3,(H2,19,20,25)(H2,26,27,28)/t12-,14-,15+,16+,17-/m1/s1. The fraction of sp³-hybridized carbons (Fsp3) is 0.444. The number of urea groups is 1. The third-order valence-corrected chi connectivity index (χ3v) is 5.60. The molecule has 1 aliphatic rings. The van der Waals surface area contributed by atoms with Crippen LogP contribution in [0, 0.1) is 0 Å². The fourth-order valence-corrected chi connectivity index (χ4v) is 3.70. The normalized spacial score (nSPS) is 26.5. The molecule has 2 amide bonds. The van der Waals surface area contributed by atoms with E-state index in [1.807, 2.05) is 0 Å². The maximum Gasteiger partial charge on any atom is 0.325 e. The molecule has 1 fully saturated rings. The second-order valence-electron chi connectivity index (χ2n) is 7.07. The molecule has 0 spiro atoms. The van der Waals surface area contributed by atoms with Crippen LogP contribution in [0.3, 0.4) is 0 Å². The largest absolute Gasteiger partial charge is 0.445 e. The number of pyridine rings is 1. The molecule has 7 N–H and O–H groups in total. The van der Waals surface area contributed by atoms with Crippen LogP contribution in [0.5, 0.6) is 5.88 Å². The number of rotatable bonds is 6. The predicted molar refractivity (Wildman–Crippen MR) is 109 cm³/mol. The number of carbonyl (C=O) groups excluding carboxylic acids is 1. The Morgan fingerprint density at radius 2 is 1.90 bits per heavy atom. The minimum atomic E-state index is -4.34. The first-order valence-corrected chi connectivity index (χ1v) is 11.2. The van der Waals surface area contributed by atoms with E-state index in [-0.39, 0.29) is 18.3 Å². The lowest BCUT2D eigenvalue weighted by atomic mass is 9.97. The maximum absolute atomic E-state index is 11.4. The van der Waals surface area contributed by atoms with Crippen molar-refractivity contribution in [2.75, 3.05) is 18.5 Å². The molecule has 1 aromatic carbocycles. The summed E-state index contributed by atoms with van der Waals surface area (Å²) in [4.78, 5) is 33.8. The van der Waals surface area contributed by atoms with Crippen LogP contribution in [-0.4, -0.2) is 80.0 Å². The van der Waals surface area contributed by atoms with Gasteiger partial charge in [0.15, 0.2) is 0 Å². The van der Waals surface area contributed by atoms with E-state index >= 15 is 0 Å². The van der Waals surface area contributed by atoms with Gasteiger partial charge in [-0.3, -0.25) is 4.57 Å². The topological polar surface area (TPSA) is 191 Å². The number of aliphatic hydroxyl groups excluding tert-OH is 3. The van der Waals surface area contributed by atoms with Gasteiger partial charge in [-0.2, -0.15) is 0 Å². The lowest BCUT2D eigenvalue weighted by Gasteiger charge is -2.40. The molecule has 0 saturated carbocycles. The smallest absolute Gasteiger partial charge is 0.325 e. The third-order valence-electron chi connectivity index (χ3n) is 4.76. The number of carbonyl (C=O) groups is 1. The number of aliphatic hydroxyl groups is 3. The van der Waals surface area contributed by atoms with Crippen molar-refractivity contribution < 1.29 is 43.9 Å². The van der Waals surface area contributed by atoms with Crippen molar-refractivity contribution in [2.24, 2.45) is 0 Å². The summed E-state index contributed by atoms with van der Waals surface area (Å²) in [5.41, 5.74) is 1.07. The third kappa shape index (κ3) is 5.89. The number of fused-ring (bicyclic) bond motifs is 1. The van der Waals surface area contributed by atoms with E-state index in [0.29, 0.717) is 16.6 Å². The van der Waals surface area contributed by atoms with Crippen molar-refractivity contribution in [3.63, 3.8) is 0 Å². The summed E-state index contributed by atoms with van der Waals surface area (Å²) >= 11 is 0. The van der Waals surface area contributed by atoms with Gasteiger partial charge in [0.05, 0.1) is 17.8 Å². The van der Waals surface area contributed by atoms with Gasteiger partial charge in [-0.25, -0.2) is 9.78 Å². The zero-order chi connectivity index (χ0) is 22.8. The average molecular weight is 457 g/mol. The lowest BCUT2D eigenvalue weighted by molar-refractivity contribution is -0.273. The van der Waals surface area contributed by atoms with Crippen molar-refractivity contribution in [1.82, 2.24) is 10.3 Å². The van der Waals surface area contributed by atoms with E-state index < -0.39 is 44.5 Å². The van der Waals surface area contributed by atoms with E-state index in [9.17, 15) is 24.7 Å². The molecule has 0 bridgehead atoms. The number of amides is 2. The highest BCUT2D eigenvalue weighted by Gasteiger charge is 2.45. The number of hydrogen-bond acceptors (Lipinski definition) is 8. The van der Waals surface area contributed by atoms with Gasteiger partial charge in [-0.15, -0.1) is 0 Å². The molecular weight excluding hydrogens is 433 g/mol. The molecule has 13 heteroatoms. The molecule has 0 radical (unpaired) electrons. The lowest BCUT2D eigenvalue weighted by Crippen LogP contribution is -2.59. The Morgan fingerprint density at radius 1 is 1.16 bits per heavy atom. The molecule has 31 heavy (non-hydrogen) atoms. The van der Waals surface area contributed by atoms with Crippen molar-refractivity contribution in [3.05, 3.63) is 30.3 Å². The molecular formula is C18H24N3O9P. The summed E-state index contributed by atoms with van der Waals surface area (Å²) in [6.45, 7) is 0. The number of aromatic nitrogens is 1. The van der Waals surface area contributed by atoms with E-state index in [1.54, 1.807) is 24.3 Å². The minimum Gasteiger partial charge on any atom is -0.445 e. The van der Waals surface area contributed by atoms with E-state index in [2.05, 4.69) is 15.6 Å². The van der Waals surface area contributed by atoms with Gasteiger partial charge in [0.1, 0.15) is 18.3 Å². The molecule has 170 valence electrons. The maximum atomic E-state index is 11.4. The van der Waals surface area contributed by atoms with Crippen molar-refractivity contribution in [2.45, 2.75) is 37.1 Å². The highest BCUT2D eigenvalue weighted by atomic mass is 31.2. The van der Waals surface area contributed by atoms with Crippen molar-refractivity contribution >= 4 is 30.2 Å². The average Bonchev–Trinajstić information content (AvgIpc) is 2.72. The van der Waals surface area contributed by atoms with Gasteiger partial charge in [0.25, 0.3) is 0 Å². The zero-order valence-electron chi connectivity index (χ0n) is 16.5. The van der Waals surface area contributed by atoms with Crippen molar-refractivity contribution in [1.29, 1.82) is 0 Å². The van der Waals surface area contributed by atoms with Crippen LogP contribution in [0.1, 0.15) is 6.42 Å². The molecule has 3 rings (SSSR count). The first-order valence-electron chi connectivity index (χ1n) is 9.38. The monoisotopic (exact) mass is 457 g/mol. The van der Waals surface area contributed by atoms with Crippen LogP contribution in [-0.2, 0) is 9.30 Å². The number of hydrogen-bond donors (Lipinski definition) is 7. The van der Waals surface area contributed by atoms with Crippen LogP contribution in [0.4, 0.5) is 10.5 Å². The first-order chi connectivity index (χ1) is 14.6. The van der Waals surface area contributed by atoms with Crippen LogP contribution < -0.4 is 15.4 Å². The van der Waals surface area contributed by atoms with E-state index in [4.69, 9.17) is 19.3 Å². The van der Waals surface area contributed by atoms with Gasteiger partial charge in [-0.1, -0.05) is 0 Å². The Balaban J connectivity index is 1.74. The molecule has 1 aromatic heterocycles. The molecule has 0 aliphatic carbocycles. The van der Waals surface area contributed by atoms with E-state index in [0.717, 1.165) is 0 Å². The zero-order valence-corrected chi connectivity index (χ0v) is 17.3. The fourth-order valence-electron chi connectivity index (χ4n) is 3.11. The van der Waals surface area contributed by atoms with Gasteiger partial charge in [0, 0.05) is 24.2 Å². The van der Waals surface area contributed by atoms with Crippen LogP contribution in [0.25, 0.3) is 10.9 Å². The summed E-state index contributed by atoms with van der Waals surface area (Å²) in [5.74, 6) is 0.0564. The molecule has 0 unspecified atom stereocenters. The second-order valence-corrected chi connectivity index (χ2v) is 8.85. The summed E-state index contributed by atoms with van der Waals surface area (Å²) in [7, 11) is -2.85. The predicted octanol–water partition coefficient (Wildman–Crippen LogP) is -0.260. The van der Waals surface area contributed by atoms with E-state index in [1.165, 1.54) is 13.1 Å². The highest BCUT2D eigenvalue weighted by molar-refractivity contribution is 7.51. The SMILES string of the molecule is CNC(=O)Nc1ccc2nc(O[C@H]3O[C@H](CCP(=O)(O)O)[C@@H](O)[C@H](O)[C@@H]3O)ccc2c1. The Labute approximate surface area is 177 Å². The van der Waals surface area contributed by atoms with Gasteiger partial charge >= 0.3 is 13.6 Å². The Morgan fingerprint density at radius 3 is 2.58 bits per heavy atom. The molecule has 2 heterocycles. The summed E-state index contributed by atoms with van der Waals surface area (Å²) < 4.78 is 22.1. The quantitative estimate of drug-likeness (QED) is 0.284. The molecule has 1 saturated heterocycles. The van der Waals surface area contributed by atoms with Crippen LogP contribution >= 0.6 is 7.60 Å². The van der Waals surface area contributed by atoms with Gasteiger partial charge in [-0.05, 0) is 30.7 Å². The summed E-state index contributed by atoms with van der Waals surface area (Å²) in [5, 5.41) is 36.1. The number of nitrogens with one attached hydrogen (secondary N) is 2. The summed E-state index contributed by atoms with van der Waals surface area (Å²) in [6.07, 6.45) is -8.18. The Kier molecular flexibility index (Phi) is 7.12. The summed E-state index contributed by atoms with van der Waals surface area (Å²) in [6, 6.07) is 7.77. The first kappa shape index (κ1) is 23.4. The van der Waals surface area contributed by atoms with Crippen molar-refractivity contribution in [3.8, 4) is 5.88 Å². The second kappa shape index (κ2) is 9.45. The number of benzene rings is 1. The minimum absolute atomic E-state index is 0.0564. The number of ether oxygens (including phenoxy) is 2. The highest BCUT2D eigenvalue weighted by Crippen LogP contribution is 2.37. The number of anilines is 1. The number of nitrogens with zero attached hydrogens (tertiary/aromatic N) is 1. The Bertz CT molecular complexity index is 985. The van der Waals surface area contributed by atoms with Gasteiger partial charge < -0.3 is 45.2 Å². The molecule has 12 nitrogen and oxygen atoms in total. The molecule has 1 aliphatic heterocycles. The van der Waals surface area contributed by atoms with Crippen LogP contribution in [0.2, 0.25) is 0 Å². The molecule has 2 aromatic rings. The molecule has 5 atom stereocenters. The van der Waals surface area contributed by atoms with Gasteiger partial charge in [0.2, 0.25) is 12.2 Å². The van der Waals surface area contributed by atoms with Crippen LogP contribution in [0.15, 0.2) is 30.3 Å².